The first-order valence-electron chi connectivity index (χ1n) is 19.5. The molecule has 0 spiro atoms. The summed E-state index contributed by atoms with van der Waals surface area (Å²) in [6.07, 6.45) is 0. The van der Waals surface area contributed by atoms with E-state index < -0.39 is 0 Å². The van der Waals surface area contributed by atoms with Crippen LogP contribution in [0.4, 0.5) is 0 Å². The molecule has 0 atom stereocenters. The highest BCUT2D eigenvalue weighted by Gasteiger charge is 2.24. The monoisotopic (exact) mass is 726 g/mol. The molecule has 0 fully saturated rings. The van der Waals surface area contributed by atoms with E-state index in [4.69, 9.17) is 4.74 Å². The Hall–Kier alpha value is -7.62. The summed E-state index contributed by atoms with van der Waals surface area (Å²) in [5.41, 5.74) is 16.4. The van der Waals surface area contributed by atoms with E-state index in [-0.39, 0.29) is 0 Å². The first-order chi connectivity index (χ1) is 28.3. The Bertz CT molecular complexity index is 3270. The van der Waals surface area contributed by atoms with Crippen LogP contribution in [0, 0.1) is 0 Å². The molecule has 0 bridgehead atoms. The zero-order chi connectivity index (χ0) is 37.5. The van der Waals surface area contributed by atoms with Crippen molar-refractivity contribution in [3.05, 3.63) is 206 Å². The topological polar surface area (TPSA) is 19.1 Å². The molecule has 1 aliphatic heterocycles. The van der Waals surface area contributed by atoms with Crippen LogP contribution in [-0.4, -0.2) is 9.13 Å². The molecule has 0 N–H and O–H groups in total. The highest BCUT2D eigenvalue weighted by Crippen LogP contribution is 2.47. The van der Waals surface area contributed by atoms with Gasteiger partial charge in [-0.3, -0.25) is 0 Å². The standard InChI is InChI=1S/C54H34N2O/c1-3-14-35(15-4-1)37-27-30-48-45(32-37)46-33-38(36-16-5-2-6-17-36)28-31-49(46)55(48)47-22-10-9-20-42(47)41-19-8-7-18-40(41)39-26-29-43-44-21-13-25-53-54(44)56(51(43)34-39)50-23-11-12-24-52(50)57-53/h1-34H. The second kappa shape index (κ2) is 12.5. The fourth-order valence-corrected chi connectivity index (χ4v) is 9.15. The maximum Gasteiger partial charge on any atom is 0.152 e. The van der Waals surface area contributed by atoms with Crippen molar-refractivity contribution in [2.45, 2.75) is 0 Å². The first-order valence-corrected chi connectivity index (χ1v) is 19.5. The summed E-state index contributed by atoms with van der Waals surface area (Å²) >= 11 is 0. The van der Waals surface area contributed by atoms with Crippen molar-refractivity contribution >= 4 is 43.6 Å². The van der Waals surface area contributed by atoms with E-state index in [1.54, 1.807) is 0 Å². The van der Waals surface area contributed by atoms with E-state index in [0.717, 1.165) is 28.4 Å². The number of hydrogen-bond donors (Lipinski definition) is 0. The average molecular weight is 727 g/mol. The first kappa shape index (κ1) is 31.7. The van der Waals surface area contributed by atoms with Crippen LogP contribution in [0.25, 0.3) is 99.5 Å². The average Bonchev–Trinajstić information content (AvgIpc) is 3.80. The summed E-state index contributed by atoms with van der Waals surface area (Å²) in [4.78, 5) is 0. The molecule has 12 rings (SSSR count). The number of para-hydroxylation sites is 4. The number of benzene rings is 9. The van der Waals surface area contributed by atoms with E-state index in [0.29, 0.717) is 0 Å². The second-order valence-corrected chi connectivity index (χ2v) is 14.9. The molecular formula is C54H34N2O. The zero-order valence-electron chi connectivity index (χ0n) is 30.9. The largest absolute Gasteiger partial charge is 0.453 e. The lowest BCUT2D eigenvalue weighted by atomic mass is 9.93. The van der Waals surface area contributed by atoms with Gasteiger partial charge in [0.25, 0.3) is 0 Å². The van der Waals surface area contributed by atoms with Gasteiger partial charge in [0, 0.05) is 27.1 Å². The van der Waals surface area contributed by atoms with Crippen LogP contribution >= 0.6 is 0 Å². The summed E-state index contributed by atoms with van der Waals surface area (Å²) in [6.45, 7) is 0. The lowest BCUT2D eigenvalue weighted by Crippen LogP contribution is -2.03. The number of hydrogen-bond acceptors (Lipinski definition) is 1. The third kappa shape index (κ3) is 4.86. The van der Waals surface area contributed by atoms with Crippen molar-refractivity contribution in [1.82, 2.24) is 9.13 Å². The Morgan fingerprint density at radius 2 is 0.842 bits per heavy atom. The van der Waals surface area contributed by atoms with E-state index >= 15 is 0 Å². The Labute approximate surface area is 329 Å². The smallest absolute Gasteiger partial charge is 0.152 e. The molecule has 0 saturated heterocycles. The quantitative estimate of drug-likeness (QED) is 0.173. The van der Waals surface area contributed by atoms with Gasteiger partial charge >= 0.3 is 0 Å². The molecule has 9 aromatic carbocycles. The Morgan fingerprint density at radius 1 is 0.281 bits per heavy atom. The summed E-state index contributed by atoms with van der Waals surface area (Å²) in [6, 6.07) is 74.6. The number of nitrogens with zero attached hydrogens (tertiary/aromatic N) is 2. The SMILES string of the molecule is c1ccc(-c2ccc3c(c2)c2cc(-c4ccccc4)ccc2n3-c2ccccc2-c2ccccc2-c2ccc3c4cccc5c4n(c3c2)-c2ccccc2O5)cc1. The molecule has 0 amide bonds. The number of fused-ring (bicyclic) bond motifs is 8. The van der Waals surface area contributed by atoms with Gasteiger partial charge in [0.2, 0.25) is 0 Å². The van der Waals surface area contributed by atoms with Crippen molar-refractivity contribution < 1.29 is 4.74 Å². The van der Waals surface area contributed by atoms with Crippen LogP contribution in [0.3, 0.4) is 0 Å². The fraction of sp³-hybridized carbons (Fsp3) is 0. The van der Waals surface area contributed by atoms with E-state index in [9.17, 15) is 0 Å². The minimum absolute atomic E-state index is 0.868. The Balaban J connectivity index is 1.08. The van der Waals surface area contributed by atoms with Crippen LogP contribution in [0.5, 0.6) is 11.5 Å². The van der Waals surface area contributed by atoms with Gasteiger partial charge in [0.15, 0.2) is 11.5 Å². The van der Waals surface area contributed by atoms with Crippen molar-refractivity contribution in [3.8, 4) is 67.4 Å². The van der Waals surface area contributed by atoms with Gasteiger partial charge in [-0.25, -0.2) is 0 Å². The summed E-state index contributed by atoms with van der Waals surface area (Å²) in [5, 5.41) is 4.87. The molecule has 0 aliphatic carbocycles. The molecule has 0 radical (unpaired) electrons. The predicted octanol–water partition coefficient (Wildman–Crippen LogP) is 14.7. The van der Waals surface area contributed by atoms with Gasteiger partial charge in [-0.1, -0.05) is 152 Å². The van der Waals surface area contributed by atoms with Gasteiger partial charge in [-0.2, -0.15) is 0 Å². The summed E-state index contributed by atoms with van der Waals surface area (Å²) in [5.74, 6) is 1.75. The highest BCUT2D eigenvalue weighted by molar-refractivity contribution is 6.14. The lowest BCUT2D eigenvalue weighted by Gasteiger charge is -2.21. The third-order valence-corrected chi connectivity index (χ3v) is 11.7. The van der Waals surface area contributed by atoms with Crippen molar-refractivity contribution in [2.75, 3.05) is 0 Å². The number of aromatic nitrogens is 2. The van der Waals surface area contributed by atoms with E-state index in [1.807, 2.05) is 6.07 Å². The maximum absolute atomic E-state index is 6.42. The molecule has 0 unspecified atom stereocenters. The second-order valence-electron chi connectivity index (χ2n) is 14.9. The number of ether oxygens (including phenoxy) is 1. The van der Waals surface area contributed by atoms with Crippen molar-refractivity contribution in [3.63, 3.8) is 0 Å². The van der Waals surface area contributed by atoms with Gasteiger partial charge in [-0.15, -0.1) is 0 Å². The Morgan fingerprint density at radius 3 is 1.54 bits per heavy atom. The minimum Gasteiger partial charge on any atom is -0.453 e. The van der Waals surface area contributed by atoms with Crippen molar-refractivity contribution in [2.24, 2.45) is 0 Å². The molecule has 1 aliphatic rings. The third-order valence-electron chi connectivity index (χ3n) is 11.7. The zero-order valence-corrected chi connectivity index (χ0v) is 30.9. The van der Waals surface area contributed by atoms with Gasteiger partial charge < -0.3 is 13.9 Å². The minimum atomic E-state index is 0.868. The lowest BCUT2D eigenvalue weighted by molar-refractivity contribution is 0.476. The van der Waals surface area contributed by atoms with Crippen LogP contribution in [0.1, 0.15) is 0 Å². The van der Waals surface area contributed by atoms with Gasteiger partial charge in [0.1, 0.15) is 0 Å². The molecule has 11 aromatic rings. The van der Waals surface area contributed by atoms with Crippen LogP contribution in [-0.2, 0) is 0 Å². The molecule has 3 nitrogen and oxygen atoms in total. The van der Waals surface area contributed by atoms with Crippen LogP contribution in [0.15, 0.2) is 206 Å². The summed E-state index contributed by atoms with van der Waals surface area (Å²) < 4.78 is 11.3. The Kier molecular flexibility index (Phi) is 6.93. The molecule has 2 aromatic heterocycles. The number of rotatable bonds is 5. The van der Waals surface area contributed by atoms with E-state index in [2.05, 4.69) is 209 Å². The maximum atomic E-state index is 6.42. The molecule has 266 valence electrons. The van der Waals surface area contributed by atoms with E-state index in [1.165, 1.54) is 82.6 Å². The molecule has 57 heavy (non-hydrogen) atoms. The normalized spacial score (nSPS) is 12.0. The van der Waals surface area contributed by atoms with Crippen LogP contribution < -0.4 is 4.74 Å². The highest BCUT2D eigenvalue weighted by atomic mass is 16.5. The summed E-state index contributed by atoms with van der Waals surface area (Å²) in [7, 11) is 0. The molecule has 3 heteroatoms. The fourth-order valence-electron chi connectivity index (χ4n) is 9.15. The van der Waals surface area contributed by atoms with Crippen molar-refractivity contribution in [1.29, 1.82) is 0 Å². The van der Waals surface area contributed by atoms with Crippen LogP contribution in [0.2, 0.25) is 0 Å². The van der Waals surface area contributed by atoms with Gasteiger partial charge in [0.05, 0.1) is 33.4 Å². The van der Waals surface area contributed by atoms with Gasteiger partial charge in [-0.05, 0) is 93.5 Å². The molecule has 0 saturated carbocycles. The molecular weight excluding hydrogens is 693 g/mol. The predicted molar refractivity (Wildman–Crippen MR) is 237 cm³/mol. The molecule has 3 heterocycles.